The standard InChI is InChI=1S/C12H10N4O2S/c1-8-4-5-9(18-8)7-13-16-11(14-15-12(16)19)10-3-2-6-17-10/h2-7H,1H3,(H,15,19)/b13-7+. The van der Waals surface area contributed by atoms with Gasteiger partial charge in [0.2, 0.25) is 10.6 Å². The van der Waals surface area contributed by atoms with E-state index in [1.807, 2.05) is 19.1 Å². The predicted molar refractivity (Wildman–Crippen MR) is 71.6 cm³/mol. The number of hydrogen-bond acceptors (Lipinski definition) is 5. The molecule has 0 aliphatic rings. The van der Waals surface area contributed by atoms with Crippen LogP contribution in [-0.2, 0) is 0 Å². The number of aryl methyl sites for hydroxylation is 1. The second-order valence-corrected chi connectivity index (χ2v) is 4.22. The molecular formula is C12H10N4O2S. The monoisotopic (exact) mass is 274 g/mol. The minimum absolute atomic E-state index is 0.380. The summed E-state index contributed by atoms with van der Waals surface area (Å²) in [6, 6.07) is 7.25. The number of H-pyrrole nitrogens is 1. The average molecular weight is 274 g/mol. The van der Waals surface area contributed by atoms with Crippen LogP contribution < -0.4 is 0 Å². The minimum atomic E-state index is 0.380. The lowest BCUT2D eigenvalue weighted by Gasteiger charge is -1.95. The highest BCUT2D eigenvalue weighted by atomic mass is 32.1. The fourth-order valence-corrected chi connectivity index (χ4v) is 1.78. The molecule has 3 aromatic heterocycles. The molecule has 6 nitrogen and oxygen atoms in total. The number of rotatable bonds is 3. The van der Waals surface area contributed by atoms with Crippen LogP contribution in [0.2, 0.25) is 0 Å². The summed E-state index contributed by atoms with van der Waals surface area (Å²) in [5.74, 6) is 2.56. The third kappa shape index (κ3) is 2.27. The highest BCUT2D eigenvalue weighted by Gasteiger charge is 2.10. The molecule has 0 aliphatic carbocycles. The molecule has 96 valence electrons. The van der Waals surface area contributed by atoms with Gasteiger partial charge in [0, 0.05) is 0 Å². The van der Waals surface area contributed by atoms with Gasteiger partial charge in [0.1, 0.15) is 11.5 Å². The van der Waals surface area contributed by atoms with Gasteiger partial charge in [-0.2, -0.15) is 9.78 Å². The van der Waals surface area contributed by atoms with Crippen LogP contribution in [0.1, 0.15) is 11.5 Å². The molecule has 7 heteroatoms. The Morgan fingerprint density at radius 2 is 2.32 bits per heavy atom. The first-order valence-electron chi connectivity index (χ1n) is 5.56. The van der Waals surface area contributed by atoms with Crippen molar-refractivity contribution in [1.82, 2.24) is 14.9 Å². The molecule has 0 amide bonds. The van der Waals surface area contributed by atoms with E-state index in [2.05, 4.69) is 15.3 Å². The molecule has 1 N–H and O–H groups in total. The molecule has 0 fully saturated rings. The molecule has 0 spiro atoms. The van der Waals surface area contributed by atoms with Crippen LogP contribution in [0.25, 0.3) is 11.6 Å². The predicted octanol–water partition coefficient (Wildman–Crippen LogP) is 2.98. The van der Waals surface area contributed by atoms with Crippen molar-refractivity contribution in [3.63, 3.8) is 0 Å². The molecule has 3 heterocycles. The van der Waals surface area contributed by atoms with Crippen LogP contribution in [0.5, 0.6) is 0 Å². The Balaban J connectivity index is 1.99. The number of nitrogens with one attached hydrogen (secondary N) is 1. The van der Waals surface area contributed by atoms with E-state index in [9.17, 15) is 0 Å². The summed E-state index contributed by atoms with van der Waals surface area (Å²) in [6.45, 7) is 1.87. The van der Waals surface area contributed by atoms with Crippen molar-refractivity contribution in [3.8, 4) is 11.6 Å². The van der Waals surface area contributed by atoms with Gasteiger partial charge in [0.25, 0.3) is 0 Å². The van der Waals surface area contributed by atoms with Gasteiger partial charge < -0.3 is 8.83 Å². The van der Waals surface area contributed by atoms with Gasteiger partial charge in [-0.05, 0) is 43.4 Å². The SMILES string of the molecule is Cc1ccc(/C=N/n2c(-c3ccco3)n[nH]c2=S)o1. The molecule has 0 atom stereocenters. The first-order valence-corrected chi connectivity index (χ1v) is 5.97. The molecule has 0 saturated heterocycles. The Hall–Kier alpha value is -2.41. The van der Waals surface area contributed by atoms with Crippen molar-refractivity contribution < 1.29 is 8.83 Å². The van der Waals surface area contributed by atoms with Crippen molar-refractivity contribution in [3.05, 3.63) is 46.8 Å². The zero-order valence-corrected chi connectivity index (χ0v) is 10.8. The summed E-state index contributed by atoms with van der Waals surface area (Å²) in [5.41, 5.74) is 0. The maximum absolute atomic E-state index is 5.40. The second-order valence-electron chi connectivity index (χ2n) is 3.83. The second kappa shape index (κ2) is 4.69. The number of nitrogens with zero attached hydrogens (tertiary/aromatic N) is 3. The topological polar surface area (TPSA) is 72.2 Å². The normalized spacial score (nSPS) is 11.4. The van der Waals surface area contributed by atoms with Gasteiger partial charge in [-0.1, -0.05) is 0 Å². The zero-order valence-electron chi connectivity index (χ0n) is 10.0. The molecular weight excluding hydrogens is 264 g/mol. The van der Waals surface area contributed by atoms with Gasteiger partial charge in [0.05, 0.1) is 12.5 Å². The lowest BCUT2D eigenvalue weighted by Crippen LogP contribution is -1.93. The van der Waals surface area contributed by atoms with E-state index >= 15 is 0 Å². The van der Waals surface area contributed by atoms with E-state index in [0.717, 1.165) is 5.76 Å². The Labute approximate surface area is 113 Å². The van der Waals surface area contributed by atoms with Gasteiger partial charge in [-0.3, -0.25) is 0 Å². The van der Waals surface area contributed by atoms with E-state index in [1.165, 1.54) is 4.68 Å². The average Bonchev–Trinajstić information content (AvgIpc) is 3.08. The lowest BCUT2D eigenvalue weighted by atomic mass is 10.4. The Morgan fingerprint density at radius 1 is 1.42 bits per heavy atom. The number of furan rings is 2. The van der Waals surface area contributed by atoms with Crippen LogP contribution in [0, 0.1) is 11.7 Å². The summed E-state index contributed by atoms with van der Waals surface area (Å²) in [7, 11) is 0. The van der Waals surface area contributed by atoms with Gasteiger partial charge in [0.15, 0.2) is 5.76 Å². The summed E-state index contributed by atoms with van der Waals surface area (Å²) in [6.07, 6.45) is 3.14. The van der Waals surface area contributed by atoms with E-state index in [0.29, 0.717) is 22.1 Å². The van der Waals surface area contributed by atoms with E-state index in [-0.39, 0.29) is 0 Å². The third-order valence-electron chi connectivity index (χ3n) is 2.45. The van der Waals surface area contributed by atoms with Gasteiger partial charge >= 0.3 is 0 Å². The minimum Gasteiger partial charge on any atom is -0.461 e. The summed E-state index contributed by atoms with van der Waals surface area (Å²) >= 11 is 5.13. The third-order valence-corrected chi connectivity index (χ3v) is 2.72. The van der Waals surface area contributed by atoms with Crippen molar-refractivity contribution in [2.24, 2.45) is 5.10 Å². The molecule has 19 heavy (non-hydrogen) atoms. The Bertz CT molecular complexity index is 764. The maximum Gasteiger partial charge on any atom is 0.219 e. The fraction of sp³-hybridized carbons (Fsp3) is 0.0833. The zero-order chi connectivity index (χ0) is 13.2. The molecule has 0 aromatic carbocycles. The molecule has 3 rings (SSSR count). The van der Waals surface area contributed by atoms with Crippen LogP contribution in [0.15, 0.2) is 44.5 Å². The van der Waals surface area contributed by atoms with E-state index in [4.69, 9.17) is 21.1 Å². The van der Waals surface area contributed by atoms with Gasteiger partial charge in [-0.25, -0.2) is 5.10 Å². The molecule has 0 radical (unpaired) electrons. The molecule has 0 unspecified atom stereocenters. The van der Waals surface area contributed by atoms with Crippen molar-refractivity contribution >= 4 is 18.4 Å². The van der Waals surface area contributed by atoms with Crippen molar-refractivity contribution in [2.45, 2.75) is 6.92 Å². The largest absolute Gasteiger partial charge is 0.461 e. The fourth-order valence-electron chi connectivity index (χ4n) is 1.60. The first kappa shape index (κ1) is 11.7. The number of hydrogen-bond donors (Lipinski definition) is 1. The summed E-state index contributed by atoms with van der Waals surface area (Å²) < 4.78 is 12.5. The van der Waals surface area contributed by atoms with Crippen LogP contribution in [0.4, 0.5) is 0 Å². The van der Waals surface area contributed by atoms with Crippen LogP contribution >= 0.6 is 12.2 Å². The Morgan fingerprint density at radius 3 is 3.00 bits per heavy atom. The smallest absolute Gasteiger partial charge is 0.219 e. The number of aromatic nitrogens is 3. The van der Waals surface area contributed by atoms with Crippen molar-refractivity contribution in [2.75, 3.05) is 0 Å². The van der Waals surface area contributed by atoms with Crippen LogP contribution in [-0.4, -0.2) is 21.1 Å². The highest BCUT2D eigenvalue weighted by molar-refractivity contribution is 7.71. The van der Waals surface area contributed by atoms with E-state index < -0.39 is 0 Å². The lowest BCUT2D eigenvalue weighted by molar-refractivity contribution is 0.527. The van der Waals surface area contributed by atoms with E-state index in [1.54, 1.807) is 24.6 Å². The maximum atomic E-state index is 5.40. The Kier molecular flexibility index (Phi) is 2.88. The molecule has 0 bridgehead atoms. The van der Waals surface area contributed by atoms with Crippen molar-refractivity contribution in [1.29, 1.82) is 0 Å². The summed E-state index contributed by atoms with van der Waals surface area (Å²) in [5, 5.41) is 11.0. The van der Waals surface area contributed by atoms with Gasteiger partial charge in [-0.15, -0.1) is 5.10 Å². The summed E-state index contributed by atoms with van der Waals surface area (Å²) in [4.78, 5) is 0. The molecule has 0 saturated carbocycles. The van der Waals surface area contributed by atoms with Crippen LogP contribution in [0.3, 0.4) is 0 Å². The molecule has 0 aliphatic heterocycles. The number of aromatic amines is 1. The molecule has 3 aromatic rings. The quantitative estimate of drug-likeness (QED) is 0.588. The first-order chi connectivity index (χ1) is 9.24. The highest BCUT2D eigenvalue weighted by Crippen LogP contribution is 2.17.